The molecule has 1 saturated heterocycles. The lowest BCUT2D eigenvalue weighted by Crippen LogP contribution is -2.37. The predicted octanol–water partition coefficient (Wildman–Crippen LogP) is 2.45. The second-order valence-electron chi connectivity index (χ2n) is 4.85. The number of nitrogens with two attached hydrogens (primary N) is 1. The van der Waals surface area contributed by atoms with Crippen LogP contribution in [0.2, 0.25) is 5.02 Å². The molecule has 0 saturated carbocycles. The molecule has 18 heavy (non-hydrogen) atoms. The van der Waals surface area contributed by atoms with E-state index in [4.69, 9.17) is 22.1 Å². The summed E-state index contributed by atoms with van der Waals surface area (Å²) < 4.78 is 5.64. The maximum Gasteiger partial charge on any atom is 0.0750 e. The highest BCUT2D eigenvalue weighted by atomic mass is 35.5. The number of anilines is 1. The molecule has 1 aromatic carbocycles. The van der Waals surface area contributed by atoms with Gasteiger partial charge in [-0.3, -0.25) is 0 Å². The van der Waals surface area contributed by atoms with Gasteiger partial charge in [-0.2, -0.15) is 0 Å². The predicted molar refractivity (Wildman–Crippen MR) is 76.4 cm³/mol. The van der Waals surface area contributed by atoms with Crippen molar-refractivity contribution in [2.45, 2.75) is 31.9 Å². The summed E-state index contributed by atoms with van der Waals surface area (Å²) in [6.07, 6.45) is 2.20. The monoisotopic (exact) mass is 268 g/mol. The summed E-state index contributed by atoms with van der Waals surface area (Å²) >= 11 is 6.06. The van der Waals surface area contributed by atoms with E-state index >= 15 is 0 Å². The summed E-state index contributed by atoms with van der Waals surface area (Å²) in [5.74, 6) is 0. The Labute approximate surface area is 114 Å². The third kappa shape index (κ3) is 2.79. The molecule has 0 aliphatic carbocycles. The molecule has 2 unspecified atom stereocenters. The second-order valence-corrected chi connectivity index (χ2v) is 5.29. The lowest BCUT2D eigenvalue weighted by molar-refractivity contribution is 0.118. The van der Waals surface area contributed by atoms with Gasteiger partial charge in [0.25, 0.3) is 0 Å². The Morgan fingerprint density at radius 1 is 1.50 bits per heavy atom. The van der Waals surface area contributed by atoms with Crippen LogP contribution in [0.25, 0.3) is 0 Å². The Hall–Kier alpha value is -0.770. The Morgan fingerprint density at radius 3 is 2.89 bits per heavy atom. The molecule has 0 radical (unpaired) electrons. The van der Waals surface area contributed by atoms with Crippen molar-refractivity contribution in [2.75, 3.05) is 25.1 Å². The van der Waals surface area contributed by atoms with Gasteiger partial charge >= 0.3 is 0 Å². The minimum absolute atomic E-state index is 0.274. The van der Waals surface area contributed by atoms with E-state index in [1.807, 2.05) is 12.1 Å². The number of ether oxygens (including phenoxy) is 1. The van der Waals surface area contributed by atoms with Gasteiger partial charge in [0, 0.05) is 24.4 Å². The normalized spacial score (nSPS) is 23.3. The molecule has 4 heteroatoms. The van der Waals surface area contributed by atoms with Crippen LogP contribution >= 0.6 is 11.6 Å². The summed E-state index contributed by atoms with van der Waals surface area (Å²) in [5, 5.41) is 0.770. The van der Waals surface area contributed by atoms with Crippen molar-refractivity contribution < 1.29 is 4.74 Å². The van der Waals surface area contributed by atoms with Gasteiger partial charge in [-0.1, -0.05) is 11.6 Å². The fourth-order valence-corrected chi connectivity index (χ4v) is 2.86. The van der Waals surface area contributed by atoms with Crippen LogP contribution in [0.1, 0.15) is 18.9 Å². The van der Waals surface area contributed by atoms with Gasteiger partial charge in [0.2, 0.25) is 0 Å². The zero-order valence-corrected chi connectivity index (χ0v) is 11.8. The van der Waals surface area contributed by atoms with Gasteiger partial charge in [0.05, 0.1) is 12.1 Å². The number of hydrogen-bond acceptors (Lipinski definition) is 3. The third-order valence-corrected chi connectivity index (χ3v) is 3.90. The largest absolute Gasteiger partial charge is 0.376 e. The van der Waals surface area contributed by atoms with Crippen molar-refractivity contribution in [1.82, 2.24) is 0 Å². The topological polar surface area (TPSA) is 38.5 Å². The first-order chi connectivity index (χ1) is 8.63. The molecule has 3 nitrogen and oxygen atoms in total. The molecule has 2 atom stereocenters. The molecule has 100 valence electrons. The standard InChI is InChI=1S/C14H21ClN2O/c1-10-13(6-8-18-10)17(2)14-4-3-12(15)9-11(14)5-7-16/h3-4,9-10,13H,5-8,16H2,1-2H3. The summed E-state index contributed by atoms with van der Waals surface area (Å²) in [6.45, 7) is 3.61. The van der Waals surface area contributed by atoms with Crippen LogP contribution in [-0.4, -0.2) is 32.3 Å². The molecule has 0 spiro atoms. The number of benzene rings is 1. The zero-order valence-electron chi connectivity index (χ0n) is 11.0. The van der Waals surface area contributed by atoms with Crippen LogP contribution in [0, 0.1) is 0 Å². The fourth-order valence-electron chi connectivity index (χ4n) is 2.66. The second kappa shape index (κ2) is 5.91. The van der Waals surface area contributed by atoms with Gasteiger partial charge in [-0.05, 0) is 50.1 Å². The molecule has 0 aromatic heterocycles. The number of nitrogens with zero attached hydrogens (tertiary/aromatic N) is 1. The molecule has 2 rings (SSSR count). The highest BCUT2D eigenvalue weighted by Gasteiger charge is 2.28. The molecular weight excluding hydrogens is 248 g/mol. The molecular formula is C14H21ClN2O. The lowest BCUT2D eigenvalue weighted by atomic mass is 10.0. The van der Waals surface area contributed by atoms with Gasteiger partial charge in [-0.25, -0.2) is 0 Å². The van der Waals surface area contributed by atoms with E-state index in [0.29, 0.717) is 12.6 Å². The van der Waals surface area contributed by atoms with Crippen molar-refractivity contribution in [3.05, 3.63) is 28.8 Å². The van der Waals surface area contributed by atoms with Gasteiger partial charge in [-0.15, -0.1) is 0 Å². The van der Waals surface area contributed by atoms with E-state index in [0.717, 1.165) is 24.5 Å². The number of halogens is 1. The molecule has 2 N–H and O–H groups in total. The average molecular weight is 269 g/mol. The van der Waals surface area contributed by atoms with Gasteiger partial charge in [0.15, 0.2) is 0 Å². The highest BCUT2D eigenvalue weighted by molar-refractivity contribution is 6.30. The van der Waals surface area contributed by atoms with Crippen LogP contribution in [0.5, 0.6) is 0 Å². The van der Waals surface area contributed by atoms with Crippen LogP contribution in [0.4, 0.5) is 5.69 Å². The molecule has 1 aliphatic rings. The van der Waals surface area contributed by atoms with Crippen LogP contribution in [-0.2, 0) is 11.2 Å². The van der Waals surface area contributed by atoms with Gasteiger partial charge in [0.1, 0.15) is 0 Å². The first-order valence-electron chi connectivity index (χ1n) is 6.46. The molecule has 1 heterocycles. The van der Waals surface area contributed by atoms with Gasteiger partial charge < -0.3 is 15.4 Å². The number of likely N-dealkylation sites (N-methyl/N-ethyl adjacent to an activating group) is 1. The van der Waals surface area contributed by atoms with Crippen molar-refractivity contribution in [1.29, 1.82) is 0 Å². The average Bonchev–Trinajstić information content (AvgIpc) is 2.75. The summed E-state index contributed by atoms with van der Waals surface area (Å²) in [5.41, 5.74) is 8.10. The van der Waals surface area contributed by atoms with Crippen LogP contribution in [0.3, 0.4) is 0 Å². The van der Waals surface area contributed by atoms with E-state index in [1.54, 1.807) is 0 Å². The highest BCUT2D eigenvalue weighted by Crippen LogP contribution is 2.29. The van der Waals surface area contributed by atoms with Crippen LogP contribution in [0.15, 0.2) is 18.2 Å². The Kier molecular flexibility index (Phi) is 4.49. The Balaban J connectivity index is 2.25. The van der Waals surface area contributed by atoms with E-state index in [-0.39, 0.29) is 6.10 Å². The Morgan fingerprint density at radius 2 is 2.28 bits per heavy atom. The summed E-state index contributed by atoms with van der Waals surface area (Å²) in [6, 6.07) is 6.47. The van der Waals surface area contributed by atoms with Crippen molar-refractivity contribution in [3.63, 3.8) is 0 Å². The van der Waals surface area contributed by atoms with Crippen molar-refractivity contribution in [2.24, 2.45) is 5.73 Å². The first kappa shape index (κ1) is 13.7. The van der Waals surface area contributed by atoms with E-state index in [2.05, 4.69) is 24.9 Å². The van der Waals surface area contributed by atoms with Crippen molar-refractivity contribution in [3.8, 4) is 0 Å². The molecule has 1 aromatic rings. The van der Waals surface area contributed by atoms with Crippen LogP contribution < -0.4 is 10.6 Å². The molecule has 0 bridgehead atoms. The number of hydrogen-bond donors (Lipinski definition) is 1. The summed E-state index contributed by atoms with van der Waals surface area (Å²) in [4.78, 5) is 2.30. The third-order valence-electron chi connectivity index (χ3n) is 3.67. The van der Waals surface area contributed by atoms with Crippen molar-refractivity contribution >= 4 is 17.3 Å². The SMILES string of the molecule is CC1OCCC1N(C)c1ccc(Cl)cc1CCN. The molecule has 0 amide bonds. The Bertz CT molecular complexity index is 411. The summed E-state index contributed by atoms with van der Waals surface area (Å²) in [7, 11) is 2.12. The lowest BCUT2D eigenvalue weighted by Gasteiger charge is -2.30. The maximum absolute atomic E-state index is 6.06. The smallest absolute Gasteiger partial charge is 0.0750 e. The maximum atomic E-state index is 6.06. The van der Waals surface area contributed by atoms with E-state index in [9.17, 15) is 0 Å². The fraction of sp³-hybridized carbons (Fsp3) is 0.571. The number of rotatable bonds is 4. The quantitative estimate of drug-likeness (QED) is 0.912. The molecule has 1 aliphatic heterocycles. The minimum atomic E-state index is 0.274. The molecule has 1 fully saturated rings. The minimum Gasteiger partial charge on any atom is -0.376 e. The van der Waals surface area contributed by atoms with E-state index in [1.165, 1.54) is 11.3 Å². The zero-order chi connectivity index (χ0) is 13.1. The first-order valence-corrected chi connectivity index (χ1v) is 6.84. The van der Waals surface area contributed by atoms with E-state index < -0.39 is 0 Å².